The van der Waals surface area contributed by atoms with Crippen LogP contribution in [0.5, 0.6) is 0 Å². The van der Waals surface area contributed by atoms with E-state index in [4.69, 9.17) is 4.74 Å². The van der Waals surface area contributed by atoms with Crippen LogP contribution in [0.2, 0.25) is 0 Å². The number of nitrogens with one attached hydrogen (secondary N) is 3. The molecule has 0 saturated carbocycles. The number of aliphatic hydroxyl groups excluding tert-OH is 1. The number of halogens is 1. The summed E-state index contributed by atoms with van der Waals surface area (Å²) in [6.45, 7) is 4.49. The molecular weight excluding hydrogens is 519 g/mol. The highest BCUT2D eigenvalue weighted by Gasteiger charge is 2.23. The van der Waals surface area contributed by atoms with Gasteiger partial charge in [-0.15, -0.1) is 24.0 Å². The lowest BCUT2D eigenvalue weighted by molar-refractivity contribution is -0.124. The van der Waals surface area contributed by atoms with Gasteiger partial charge in [-0.3, -0.25) is 4.79 Å². The molecular formula is C24H33IN4O3. The highest BCUT2D eigenvalue weighted by atomic mass is 127. The number of hydrogen-bond acceptors (Lipinski definition) is 4. The van der Waals surface area contributed by atoms with Crippen molar-refractivity contribution in [1.29, 1.82) is 0 Å². The molecule has 7 nitrogen and oxygen atoms in total. The molecule has 2 atom stereocenters. The van der Waals surface area contributed by atoms with Gasteiger partial charge < -0.3 is 25.8 Å². The molecule has 8 heteroatoms. The third-order valence-corrected chi connectivity index (χ3v) is 5.19. The van der Waals surface area contributed by atoms with E-state index in [2.05, 4.69) is 20.9 Å². The van der Waals surface area contributed by atoms with Crippen LogP contribution < -0.4 is 16.0 Å². The number of rotatable bonds is 9. The Hall–Kier alpha value is -2.17. The van der Waals surface area contributed by atoms with Crippen molar-refractivity contribution in [3.05, 3.63) is 65.7 Å². The first-order chi connectivity index (χ1) is 15.2. The number of anilines is 1. The Morgan fingerprint density at radius 2 is 2.00 bits per heavy atom. The fraction of sp³-hybridized carbons (Fsp3) is 0.417. The van der Waals surface area contributed by atoms with Crippen LogP contribution in [0.25, 0.3) is 0 Å². The third-order valence-electron chi connectivity index (χ3n) is 5.19. The first kappa shape index (κ1) is 26.1. The summed E-state index contributed by atoms with van der Waals surface area (Å²) in [7, 11) is 0. The van der Waals surface area contributed by atoms with E-state index < -0.39 is 0 Å². The van der Waals surface area contributed by atoms with Crippen molar-refractivity contribution in [3.63, 3.8) is 0 Å². The molecule has 1 amide bonds. The smallest absolute Gasteiger partial charge is 0.253 e. The van der Waals surface area contributed by atoms with Gasteiger partial charge in [0, 0.05) is 31.3 Å². The lowest BCUT2D eigenvalue weighted by atomic mass is 10.0. The van der Waals surface area contributed by atoms with Crippen LogP contribution in [0, 0.1) is 0 Å². The monoisotopic (exact) mass is 552 g/mol. The number of ether oxygens (including phenoxy) is 1. The van der Waals surface area contributed by atoms with E-state index in [1.807, 2.05) is 61.5 Å². The minimum absolute atomic E-state index is 0. The SMILES string of the molecule is CCNC(=NCc1cccc(NC(=O)C2CCCO2)c1)NCC(CO)c1ccccc1.I. The number of carbonyl (C=O) groups excluding carboxylic acids is 1. The highest BCUT2D eigenvalue weighted by molar-refractivity contribution is 14.0. The van der Waals surface area contributed by atoms with Gasteiger partial charge in [-0.2, -0.15) is 0 Å². The molecule has 1 aliphatic rings. The molecule has 1 saturated heterocycles. The van der Waals surface area contributed by atoms with Gasteiger partial charge in [0.1, 0.15) is 6.10 Å². The summed E-state index contributed by atoms with van der Waals surface area (Å²) in [4.78, 5) is 16.9. The Labute approximate surface area is 207 Å². The number of aliphatic hydroxyl groups is 1. The molecule has 2 aromatic carbocycles. The van der Waals surface area contributed by atoms with Gasteiger partial charge in [0.2, 0.25) is 0 Å². The van der Waals surface area contributed by atoms with Gasteiger partial charge in [0.05, 0.1) is 13.2 Å². The normalized spacial score (nSPS) is 16.7. The summed E-state index contributed by atoms with van der Waals surface area (Å²) in [6, 6.07) is 17.6. The number of hydrogen-bond donors (Lipinski definition) is 4. The molecule has 2 unspecified atom stereocenters. The second-order valence-corrected chi connectivity index (χ2v) is 7.56. The van der Waals surface area contributed by atoms with Gasteiger partial charge in [-0.25, -0.2) is 4.99 Å². The molecule has 2 aromatic rings. The van der Waals surface area contributed by atoms with Crippen molar-refractivity contribution < 1.29 is 14.6 Å². The summed E-state index contributed by atoms with van der Waals surface area (Å²) in [5.41, 5.74) is 2.82. The maximum absolute atomic E-state index is 12.3. The molecule has 0 radical (unpaired) electrons. The van der Waals surface area contributed by atoms with Crippen LogP contribution in [-0.4, -0.2) is 49.4 Å². The zero-order valence-corrected chi connectivity index (χ0v) is 20.8. The fourth-order valence-corrected chi connectivity index (χ4v) is 3.50. The molecule has 1 aliphatic heterocycles. The average Bonchev–Trinajstić information content (AvgIpc) is 3.34. The molecule has 174 valence electrons. The molecule has 0 bridgehead atoms. The largest absolute Gasteiger partial charge is 0.396 e. The second kappa shape index (κ2) is 14.1. The fourth-order valence-electron chi connectivity index (χ4n) is 3.50. The molecule has 0 spiro atoms. The summed E-state index contributed by atoms with van der Waals surface area (Å²) in [5, 5.41) is 19.3. The maximum atomic E-state index is 12.3. The van der Waals surface area contributed by atoms with E-state index in [0.29, 0.717) is 25.7 Å². The van der Waals surface area contributed by atoms with Crippen LogP contribution >= 0.6 is 24.0 Å². The lowest BCUT2D eigenvalue weighted by Gasteiger charge is -2.18. The summed E-state index contributed by atoms with van der Waals surface area (Å²) < 4.78 is 5.44. The molecule has 1 fully saturated rings. The van der Waals surface area contributed by atoms with Crippen molar-refractivity contribution in [2.24, 2.45) is 4.99 Å². The minimum atomic E-state index is -0.352. The lowest BCUT2D eigenvalue weighted by Crippen LogP contribution is -2.39. The second-order valence-electron chi connectivity index (χ2n) is 7.56. The van der Waals surface area contributed by atoms with Crippen molar-refractivity contribution in [2.45, 2.75) is 38.3 Å². The van der Waals surface area contributed by atoms with E-state index in [1.165, 1.54) is 0 Å². The summed E-state index contributed by atoms with van der Waals surface area (Å²) in [5.74, 6) is 0.580. The summed E-state index contributed by atoms with van der Waals surface area (Å²) in [6.07, 6.45) is 1.34. The van der Waals surface area contributed by atoms with Gasteiger partial charge >= 0.3 is 0 Å². The number of aliphatic imine (C=N–C) groups is 1. The van der Waals surface area contributed by atoms with Crippen LogP contribution in [0.4, 0.5) is 5.69 Å². The number of nitrogens with zero attached hydrogens (tertiary/aromatic N) is 1. The van der Waals surface area contributed by atoms with E-state index >= 15 is 0 Å². The van der Waals surface area contributed by atoms with Crippen LogP contribution in [-0.2, 0) is 16.1 Å². The first-order valence-corrected chi connectivity index (χ1v) is 10.9. The zero-order chi connectivity index (χ0) is 21.9. The standard InChI is InChI=1S/C24H32N4O3.HI/c1-2-25-24(27-16-20(17-29)19-9-4-3-5-10-19)26-15-18-8-6-11-21(14-18)28-23(30)22-12-7-13-31-22;/h3-6,8-11,14,20,22,29H,2,7,12-13,15-17H2,1H3,(H,28,30)(H2,25,26,27);1H. The van der Waals surface area contributed by atoms with Crippen LogP contribution in [0.1, 0.15) is 36.8 Å². The Bertz CT molecular complexity index is 857. The number of guanidine groups is 1. The molecule has 0 aromatic heterocycles. The Morgan fingerprint density at radius 3 is 2.69 bits per heavy atom. The van der Waals surface area contributed by atoms with Crippen LogP contribution in [0.3, 0.4) is 0 Å². The van der Waals surface area contributed by atoms with Gasteiger partial charge in [0.15, 0.2) is 5.96 Å². The number of amides is 1. The number of benzene rings is 2. The summed E-state index contributed by atoms with van der Waals surface area (Å²) >= 11 is 0. The molecule has 0 aliphatic carbocycles. The van der Waals surface area contributed by atoms with E-state index in [0.717, 1.165) is 36.2 Å². The van der Waals surface area contributed by atoms with Crippen LogP contribution in [0.15, 0.2) is 59.6 Å². The first-order valence-electron chi connectivity index (χ1n) is 10.9. The Balaban J connectivity index is 0.00000363. The van der Waals surface area contributed by atoms with Crippen molar-refractivity contribution in [3.8, 4) is 0 Å². The Kier molecular flexibility index (Phi) is 11.5. The predicted octanol–water partition coefficient (Wildman–Crippen LogP) is 3.25. The third kappa shape index (κ3) is 8.07. The van der Waals surface area contributed by atoms with Gasteiger partial charge in [-0.05, 0) is 43.0 Å². The zero-order valence-electron chi connectivity index (χ0n) is 18.4. The van der Waals surface area contributed by atoms with E-state index in [-0.39, 0.29) is 48.5 Å². The van der Waals surface area contributed by atoms with E-state index in [9.17, 15) is 9.90 Å². The highest BCUT2D eigenvalue weighted by Crippen LogP contribution is 2.17. The quantitative estimate of drug-likeness (QED) is 0.218. The molecule has 4 N–H and O–H groups in total. The molecule has 32 heavy (non-hydrogen) atoms. The molecule has 3 rings (SSSR count). The van der Waals surface area contributed by atoms with E-state index in [1.54, 1.807) is 0 Å². The number of carbonyl (C=O) groups is 1. The van der Waals surface area contributed by atoms with Crippen molar-refractivity contribution >= 4 is 41.5 Å². The van der Waals surface area contributed by atoms with Gasteiger partial charge in [-0.1, -0.05) is 42.5 Å². The topological polar surface area (TPSA) is 95.0 Å². The maximum Gasteiger partial charge on any atom is 0.253 e. The predicted molar refractivity (Wildman–Crippen MR) is 139 cm³/mol. The average molecular weight is 552 g/mol. The minimum Gasteiger partial charge on any atom is -0.396 e. The molecule has 1 heterocycles. The van der Waals surface area contributed by atoms with Crippen molar-refractivity contribution in [2.75, 3.05) is 31.6 Å². The van der Waals surface area contributed by atoms with Crippen molar-refractivity contribution in [1.82, 2.24) is 10.6 Å². The Morgan fingerprint density at radius 1 is 1.19 bits per heavy atom. The van der Waals surface area contributed by atoms with Gasteiger partial charge in [0.25, 0.3) is 5.91 Å².